The van der Waals surface area contributed by atoms with Crippen molar-refractivity contribution < 1.29 is 65.7 Å². The fourth-order valence-corrected chi connectivity index (χ4v) is 0. The average molecular weight is 134 g/mol. The van der Waals surface area contributed by atoms with Gasteiger partial charge in [0.25, 0.3) is 0 Å². The Bertz CT molecular complexity index is 56.9. The Morgan fingerprint density at radius 3 is 1.83 bits per heavy atom. The number of rotatable bonds is 0. The molecule has 0 saturated carbocycles. The van der Waals surface area contributed by atoms with Gasteiger partial charge in [-0.2, -0.15) is 0 Å². The summed E-state index contributed by atoms with van der Waals surface area (Å²) in [5, 5.41) is 0. The summed E-state index contributed by atoms with van der Waals surface area (Å²) >= 11 is 0. The van der Waals surface area contributed by atoms with Crippen molar-refractivity contribution in [2.45, 2.75) is 0 Å². The predicted molar refractivity (Wildman–Crippen MR) is 15.7 cm³/mol. The van der Waals surface area contributed by atoms with Crippen LogP contribution in [0.4, 0.5) is 0 Å². The quantitative estimate of drug-likeness (QED) is 0.273. The monoisotopic (exact) mass is 134 g/mol. The van der Waals surface area contributed by atoms with Crippen LogP contribution >= 0.6 is 7.60 Å². The van der Waals surface area contributed by atoms with Crippen LogP contribution in [0.3, 0.4) is 0 Å². The maximum atomic E-state index is 9.22. The van der Waals surface area contributed by atoms with E-state index in [1.54, 1.807) is 0 Å². The molecule has 0 bridgehead atoms. The summed E-state index contributed by atoms with van der Waals surface area (Å²) in [5.74, 6) is 0. The summed E-state index contributed by atoms with van der Waals surface area (Å²) in [7, 11) is -3.89. The molecule has 1 unspecified atom stereocenters. The number of hydrogen-bond donors (Lipinski definition) is 1. The van der Waals surface area contributed by atoms with Crippen molar-refractivity contribution in [3.8, 4) is 0 Å². The van der Waals surface area contributed by atoms with Gasteiger partial charge < -0.3 is 14.4 Å². The van der Waals surface area contributed by atoms with Gasteiger partial charge in [0.2, 0.25) is 0 Å². The second-order valence-corrected chi connectivity index (χ2v) is 2.41. The van der Waals surface area contributed by atoms with Gasteiger partial charge in [-0.25, -0.2) is 0 Å². The Morgan fingerprint density at radius 1 is 1.83 bits per heavy atom. The molecule has 32 valence electrons. The van der Waals surface area contributed by atoms with Gasteiger partial charge in [-0.3, -0.25) is 0 Å². The van der Waals surface area contributed by atoms with Gasteiger partial charge >= 0.3 is 51.4 Å². The molecule has 5 heteroatoms. The molecule has 0 rings (SSSR count). The maximum Gasteiger partial charge on any atom is 1.00 e. The third kappa shape index (κ3) is 41.5. The van der Waals surface area contributed by atoms with Gasteiger partial charge in [0.1, 0.15) is 7.60 Å². The van der Waals surface area contributed by atoms with Crippen LogP contribution in [0, 0.1) is 0 Å². The average Bonchev–Trinajstić information content (AvgIpc) is 0.722. The zero-order valence-electron chi connectivity index (χ0n) is 3.71. The molecular formula is CH4KO3P. The van der Waals surface area contributed by atoms with E-state index in [0.29, 0.717) is 0 Å². The van der Waals surface area contributed by atoms with Crippen molar-refractivity contribution in [1.29, 1.82) is 0 Å². The van der Waals surface area contributed by atoms with E-state index in [1.165, 1.54) is 0 Å². The summed E-state index contributed by atoms with van der Waals surface area (Å²) in [6, 6.07) is 0. The molecule has 0 aromatic carbocycles. The van der Waals surface area contributed by atoms with Gasteiger partial charge in [0.05, 0.1) is 0 Å². The summed E-state index contributed by atoms with van der Waals surface area (Å²) in [5.41, 5.74) is 0. The normalized spacial score (nSPS) is 17.8. The van der Waals surface area contributed by atoms with Gasteiger partial charge in [-0.05, 0) is 0 Å². The molecule has 3 nitrogen and oxygen atoms in total. The van der Waals surface area contributed by atoms with Crippen molar-refractivity contribution in [2.75, 3.05) is 6.66 Å². The van der Waals surface area contributed by atoms with E-state index in [2.05, 4.69) is 0 Å². The van der Waals surface area contributed by atoms with Crippen molar-refractivity contribution in [2.24, 2.45) is 0 Å². The van der Waals surface area contributed by atoms with Gasteiger partial charge in [0.15, 0.2) is 0 Å². The molecule has 0 aliphatic rings. The molecule has 0 aromatic rings. The Hall–Kier alpha value is 1.79. The van der Waals surface area contributed by atoms with E-state index in [-0.39, 0.29) is 51.4 Å². The van der Waals surface area contributed by atoms with E-state index >= 15 is 0 Å². The Kier molecular flexibility index (Phi) is 6.69. The van der Waals surface area contributed by atoms with Gasteiger partial charge in [-0.15, -0.1) is 0 Å². The standard InChI is InChI=1S/CH5O3P.K/c1-5(2,3)4;/h1H3,(H2,2,3,4);/q;+1/p-1. The molecule has 0 saturated heterocycles. The molecule has 0 aliphatic heterocycles. The van der Waals surface area contributed by atoms with Crippen molar-refractivity contribution in [1.82, 2.24) is 0 Å². The van der Waals surface area contributed by atoms with Crippen molar-refractivity contribution in [3.63, 3.8) is 0 Å². The summed E-state index contributed by atoms with van der Waals surface area (Å²) in [6.07, 6.45) is 0. The molecule has 0 radical (unpaired) electrons. The second-order valence-electron chi connectivity index (χ2n) is 0.803. The molecule has 6 heavy (non-hydrogen) atoms. The molecule has 0 heterocycles. The van der Waals surface area contributed by atoms with Crippen LogP contribution in [-0.2, 0) is 4.57 Å². The van der Waals surface area contributed by atoms with Crippen LogP contribution in [-0.4, -0.2) is 11.6 Å². The van der Waals surface area contributed by atoms with E-state index < -0.39 is 7.60 Å². The molecular weight excluding hydrogens is 130 g/mol. The van der Waals surface area contributed by atoms with E-state index in [1.807, 2.05) is 0 Å². The van der Waals surface area contributed by atoms with Crippen LogP contribution in [0.25, 0.3) is 0 Å². The zero-order valence-corrected chi connectivity index (χ0v) is 7.73. The number of hydrogen-bond acceptors (Lipinski definition) is 2. The van der Waals surface area contributed by atoms with Crippen LogP contribution in [0.1, 0.15) is 0 Å². The fraction of sp³-hybridized carbons (Fsp3) is 1.00. The molecule has 0 aliphatic carbocycles. The summed E-state index contributed by atoms with van der Waals surface area (Å²) in [6.45, 7) is 0.743. The molecule has 0 amide bonds. The smallest absolute Gasteiger partial charge is 0.779 e. The summed E-state index contributed by atoms with van der Waals surface area (Å²) < 4.78 is 9.22. The van der Waals surface area contributed by atoms with Crippen LogP contribution in [0.15, 0.2) is 0 Å². The molecule has 0 spiro atoms. The van der Waals surface area contributed by atoms with E-state index in [9.17, 15) is 9.46 Å². The Balaban J connectivity index is 0. The fourth-order valence-electron chi connectivity index (χ4n) is 0. The van der Waals surface area contributed by atoms with E-state index in [0.717, 1.165) is 6.66 Å². The van der Waals surface area contributed by atoms with Crippen LogP contribution < -0.4 is 56.3 Å². The first-order chi connectivity index (χ1) is 2.00. The van der Waals surface area contributed by atoms with Crippen molar-refractivity contribution >= 4 is 7.60 Å². The van der Waals surface area contributed by atoms with Gasteiger partial charge in [0, 0.05) is 6.66 Å². The topological polar surface area (TPSA) is 60.4 Å². The minimum absolute atomic E-state index is 0. The Morgan fingerprint density at radius 2 is 1.83 bits per heavy atom. The first-order valence-corrected chi connectivity index (χ1v) is 3.04. The predicted octanol–water partition coefficient (Wildman–Crippen LogP) is -3.83. The van der Waals surface area contributed by atoms with E-state index in [4.69, 9.17) is 4.89 Å². The van der Waals surface area contributed by atoms with Gasteiger partial charge in [-0.1, -0.05) is 0 Å². The largest absolute Gasteiger partial charge is 1.00 e. The van der Waals surface area contributed by atoms with Crippen LogP contribution in [0.5, 0.6) is 0 Å². The molecule has 0 fully saturated rings. The third-order valence-corrected chi connectivity index (χ3v) is 0. The molecule has 0 aromatic heterocycles. The maximum absolute atomic E-state index is 9.22. The third-order valence-electron chi connectivity index (χ3n) is 0. The minimum Gasteiger partial charge on any atom is -0.779 e. The Labute approximate surface area is 78.7 Å². The first-order valence-electron chi connectivity index (χ1n) is 1.01. The van der Waals surface area contributed by atoms with Crippen LogP contribution in [0.2, 0.25) is 0 Å². The minimum atomic E-state index is -3.89. The first kappa shape index (κ1) is 10.7. The molecule has 1 N–H and O–H groups in total. The zero-order chi connectivity index (χ0) is 4.50. The summed E-state index contributed by atoms with van der Waals surface area (Å²) in [4.78, 5) is 16.7. The molecule has 1 atom stereocenters. The second kappa shape index (κ2) is 3.75. The van der Waals surface area contributed by atoms with Crippen molar-refractivity contribution in [3.05, 3.63) is 0 Å². The SMILES string of the molecule is CP(=O)([O-])O.[K+].